The fourth-order valence-electron chi connectivity index (χ4n) is 7.87. The van der Waals surface area contributed by atoms with Gasteiger partial charge in [0.25, 0.3) is 0 Å². The molecule has 3 aromatic heterocycles. The lowest BCUT2D eigenvalue weighted by Crippen LogP contribution is -1.98. The molecule has 0 radical (unpaired) electrons. The number of para-hydroxylation sites is 3. The largest absolute Gasteiger partial charge is 0.398 e. The molecule has 226 valence electrons. The number of nitrogens with two attached hydrogens (primary N) is 1. The van der Waals surface area contributed by atoms with Crippen molar-refractivity contribution >= 4 is 54.9 Å². The Hall–Kier alpha value is -6.39. The van der Waals surface area contributed by atoms with Gasteiger partial charge in [-0.1, -0.05) is 91.0 Å². The highest BCUT2D eigenvalue weighted by Crippen LogP contribution is 2.46. The maximum absolute atomic E-state index is 6.56. The number of nitrogen functional groups attached to an aromatic ring is 1. The molecule has 0 aliphatic heterocycles. The van der Waals surface area contributed by atoms with Crippen molar-refractivity contribution in [3.63, 3.8) is 0 Å². The fraction of sp³-hybridized carbons (Fsp3) is 0.0227. The van der Waals surface area contributed by atoms with Gasteiger partial charge in [0.2, 0.25) is 0 Å². The molecule has 0 saturated carbocycles. The number of hydrogen-bond donors (Lipinski definition) is 1. The minimum Gasteiger partial charge on any atom is -0.398 e. The molecule has 0 atom stereocenters. The summed E-state index contributed by atoms with van der Waals surface area (Å²) >= 11 is 0. The molecule has 1 aliphatic carbocycles. The maximum Gasteiger partial charge on any atom is 0.0784 e. The van der Waals surface area contributed by atoms with Crippen LogP contribution in [0.1, 0.15) is 11.3 Å². The first-order valence-electron chi connectivity index (χ1n) is 16.4. The highest BCUT2D eigenvalue weighted by Gasteiger charge is 2.26. The molecule has 48 heavy (non-hydrogen) atoms. The number of hydrogen-bond acceptors (Lipinski definition) is 2. The zero-order valence-electron chi connectivity index (χ0n) is 26.1. The van der Waals surface area contributed by atoms with Crippen LogP contribution < -0.4 is 5.73 Å². The van der Waals surface area contributed by atoms with Gasteiger partial charge in [-0.3, -0.25) is 4.98 Å². The normalized spacial score (nSPS) is 13.2. The Morgan fingerprint density at radius 3 is 1.98 bits per heavy atom. The molecule has 0 spiro atoms. The molecule has 0 bridgehead atoms. The minimum atomic E-state index is 0.702. The second-order valence-electron chi connectivity index (χ2n) is 12.6. The summed E-state index contributed by atoms with van der Waals surface area (Å²) in [5, 5.41) is 5.01. The number of nitrogens with zero attached hydrogens (tertiary/aromatic N) is 3. The predicted octanol–water partition coefficient (Wildman–Crippen LogP) is 10.6. The number of aromatic nitrogens is 3. The summed E-state index contributed by atoms with van der Waals surface area (Å²) in [7, 11) is 0. The van der Waals surface area contributed by atoms with E-state index in [2.05, 4.69) is 143 Å². The van der Waals surface area contributed by atoms with Crippen LogP contribution in [0.5, 0.6) is 0 Å². The van der Waals surface area contributed by atoms with Gasteiger partial charge in [-0.15, -0.1) is 0 Å². The van der Waals surface area contributed by atoms with Crippen molar-refractivity contribution in [2.24, 2.45) is 0 Å². The van der Waals surface area contributed by atoms with Gasteiger partial charge in [-0.2, -0.15) is 0 Å². The molecule has 4 nitrogen and oxygen atoms in total. The highest BCUT2D eigenvalue weighted by molar-refractivity contribution is 6.12. The zero-order valence-corrected chi connectivity index (χ0v) is 26.1. The molecule has 6 aromatic carbocycles. The second-order valence-corrected chi connectivity index (χ2v) is 12.6. The molecule has 0 unspecified atom stereocenters. The van der Waals surface area contributed by atoms with Crippen LogP contribution in [0.2, 0.25) is 0 Å². The van der Waals surface area contributed by atoms with Crippen molar-refractivity contribution in [2.45, 2.75) is 6.54 Å². The maximum atomic E-state index is 6.56. The predicted molar refractivity (Wildman–Crippen MR) is 200 cm³/mol. The molecule has 1 aliphatic rings. The van der Waals surface area contributed by atoms with Crippen LogP contribution in [0.3, 0.4) is 0 Å². The molecule has 0 fully saturated rings. The number of pyridine rings is 1. The van der Waals surface area contributed by atoms with E-state index in [9.17, 15) is 0 Å². The van der Waals surface area contributed by atoms with Gasteiger partial charge in [-0.05, 0) is 77.4 Å². The lowest BCUT2D eigenvalue weighted by molar-refractivity contribution is 0.900. The van der Waals surface area contributed by atoms with Crippen LogP contribution in [-0.2, 0) is 6.54 Å². The SMILES string of the molecule is Nc1cccc2c1/C(=C\Cn1c3ccccc3c3cc(-c4ccc5c(c4)c4ccccc4n5-c4ccccc4)ccc31)c1ncccc1-2. The third kappa shape index (κ3) is 3.86. The van der Waals surface area contributed by atoms with Crippen LogP contribution in [-0.4, -0.2) is 14.1 Å². The Kier molecular flexibility index (Phi) is 5.75. The summed E-state index contributed by atoms with van der Waals surface area (Å²) in [5.41, 5.74) is 21.3. The lowest BCUT2D eigenvalue weighted by atomic mass is 10.0. The summed E-state index contributed by atoms with van der Waals surface area (Å²) in [6, 6.07) is 52.1. The highest BCUT2D eigenvalue weighted by atomic mass is 15.0. The summed E-state index contributed by atoms with van der Waals surface area (Å²) in [6.45, 7) is 0.702. The van der Waals surface area contributed by atoms with E-state index in [-0.39, 0.29) is 0 Å². The average Bonchev–Trinajstić information content (AvgIpc) is 3.77. The Bertz CT molecular complexity index is 2760. The van der Waals surface area contributed by atoms with Crippen LogP contribution >= 0.6 is 0 Å². The van der Waals surface area contributed by atoms with Crippen LogP contribution in [0, 0.1) is 0 Å². The topological polar surface area (TPSA) is 48.8 Å². The van der Waals surface area contributed by atoms with Gasteiger partial charge in [-0.25, -0.2) is 0 Å². The van der Waals surface area contributed by atoms with Gasteiger partial charge in [0, 0.05) is 73.4 Å². The first-order chi connectivity index (χ1) is 23.7. The molecular formula is C44H30N4. The molecule has 2 N–H and O–H groups in total. The van der Waals surface area contributed by atoms with E-state index in [4.69, 9.17) is 10.7 Å². The Morgan fingerprint density at radius 2 is 1.17 bits per heavy atom. The molecule has 10 rings (SSSR count). The molecule has 0 amide bonds. The van der Waals surface area contributed by atoms with E-state index in [1.54, 1.807) is 0 Å². The number of allylic oxidation sites excluding steroid dienone is 1. The van der Waals surface area contributed by atoms with E-state index in [1.807, 2.05) is 24.4 Å². The molecular weight excluding hydrogens is 585 g/mol. The van der Waals surface area contributed by atoms with Crippen LogP contribution in [0.15, 0.2) is 158 Å². The smallest absolute Gasteiger partial charge is 0.0784 e. The first-order valence-corrected chi connectivity index (χ1v) is 16.4. The van der Waals surface area contributed by atoms with Gasteiger partial charge < -0.3 is 14.9 Å². The third-order valence-electron chi connectivity index (χ3n) is 9.99. The summed E-state index contributed by atoms with van der Waals surface area (Å²) in [6.07, 6.45) is 4.16. The van der Waals surface area contributed by atoms with E-state index in [0.29, 0.717) is 6.54 Å². The van der Waals surface area contributed by atoms with Gasteiger partial charge in [0.05, 0.1) is 16.7 Å². The first kappa shape index (κ1) is 26.8. The lowest BCUT2D eigenvalue weighted by Gasteiger charge is -2.09. The van der Waals surface area contributed by atoms with Crippen LogP contribution in [0.25, 0.3) is 77.1 Å². The Balaban J connectivity index is 1.11. The molecule has 9 aromatic rings. The Labute approximate surface area is 277 Å². The van der Waals surface area contributed by atoms with E-state index < -0.39 is 0 Å². The van der Waals surface area contributed by atoms with E-state index in [1.165, 1.54) is 60.4 Å². The van der Waals surface area contributed by atoms with Crippen LogP contribution in [0.4, 0.5) is 5.69 Å². The van der Waals surface area contributed by atoms with Crippen molar-refractivity contribution in [2.75, 3.05) is 5.73 Å². The number of fused-ring (bicyclic) bond motifs is 9. The van der Waals surface area contributed by atoms with Crippen molar-refractivity contribution in [1.82, 2.24) is 14.1 Å². The molecule has 4 heteroatoms. The molecule has 3 heterocycles. The van der Waals surface area contributed by atoms with E-state index in [0.717, 1.165) is 33.6 Å². The monoisotopic (exact) mass is 614 g/mol. The fourth-order valence-corrected chi connectivity index (χ4v) is 7.87. The quantitative estimate of drug-likeness (QED) is 0.201. The van der Waals surface area contributed by atoms with E-state index >= 15 is 0 Å². The number of rotatable bonds is 4. The van der Waals surface area contributed by atoms with Crippen molar-refractivity contribution in [3.8, 4) is 27.9 Å². The van der Waals surface area contributed by atoms with Crippen molar-refractivity contribution in [1.29, 1.82) is 0 Å². The summed E-state index contributed by atoms with van der Waals surface area (Å²) < 4.78 is 4.78. The second kappa shape index (κ2) is 10.3. The van der Waals surface area contributed by atoms with Crippen molar-refractivity contribution in [3.05, 3.63) is 169 Å². The average molecular weight is 615 g/mol. The molecule has 0 saturated heterocycles. The summed E-state index contributed by atoms with van der Waals surface area (Å²) in [4.78, 5) is 4.79. The van der Waals surface area contributed by atoms with Gasteiger partial charge >= 0.3 is 0 Å². The number of anilines is 1. The zero-order chi connectivity index (χ0) is 31.8. The number of benzene rings is 6. The summed E-state index contributed by atoms with van der Waals surface area (Å²) in [5.74, 6) is 0. The minimum absolute atomic E-state index is 0.702. The van der Waals surface area contributed by atoms with Gasteiger partial charge in [0.15, 0.2) is 0 Å². The Morgan fingerprint density at radius 1 is 0.542 bits per heavy atom. The van der Waals surface area contributed by atoms with Crippen molar-refractivity contribution < 1.29 is 0 Å². The third-order valence-corrected chi connectivity index (χ3v) is 9.99. The van der Waals surface area contributed by atoms with Gasteiger partial charge in [0.1, 0.15) is 0 Å². The standard InChI is InChI=1S/C44H30N4/c45-38-16-8-14-33-34-15-9-24-46-44(34)35(43(33)38)23-25-47-39-17-6-4-12-31(39)36-26-28(19-21-40(36)47)29-20-22-42-37(27-29)32-13-5-7-18-41(32)48(42)30-10-2-1-3-11-30/h1-24,26-27H,25,45H2/b35-23+.